The fourth-order valence-electron chi connectivity index (χ4n) is 5.06. The minimum atomic E-state index is -4.42. The number of rotatable bonds is 2. The topological polar surface area (TPSA) is 77.0 Å². The van der Waals surface area contributed by atoms with Gasteiger partial charge < -0.3 is 10.6 Å². The number of alkyl halides is 3. The molecule has 0 bridgehead atoms. The second kappa shape index (κ2) is 7.66. The molecule has 2 aromatic heterocycles. The molecular weight excluding hydrogens is 462 g/mol. The maximum Gasteiger partial charge on any atom is 0.416 e. The second-order valence-electron chi connectivity index (χ2n) is 9.72. The van der Waals surface area contributed by atoms with Gasteiger partial charge in [-0.15, -0.1) is 0 Å². The third-order valence-corrected chi connectivity index (χ3v) is 6.90. The van der Waals surface area contributed by atoms with E-state index < -0.39 is 28.9 Å². The standard InChI is InChI=1S/C25H23F4N5O/c1-24(2)12-34(11-18(24)13-4-6-14(7-5-13)25(27,28)29)23(35)15-8-16-20(9-19(15)26)32-22(30)17-10-31-33(3)21(16)17/h4-10,18H,11-12H2,1-3H3,(H2,30,32)/t18-/m1/s1. The van der Waals surface area contributed by atoms with Crippen molar-refractivity contribution in [3.8, 4) is 0 Å². The van der Waals surface area contributed by atoms with E-state index in [4.69, 9.17) is 5.73 Å². The summed E-state index contributed by atoms with van der Waals surface area (Å²) in [6.45, 7) is 4.49. The Bertz CT molecular complexity index is 1470. The number of aromatic nitrogens is 3. The molecule has 1 saturated heterocycles. The number of nitrogens with two attached hydrogens (primary N) is 1. The minimum absolute atomic E-state index is 0.101. The Kier molecular flexibility index (Phi) is 5.05. The molecule has 35 heavy (non-hydrogen) atoms. The number of nitrogens with zero attached hydrogens (tertiary/aromatic N) is 4. The summed E-state index contributed by atoms with van der Waals surface area (Å²) in [5, 5.41) is 5.36. The molecule has 2 N–H and O–H groups in total. The van der Waals surface area contributed by atoms with E-state index in [1.807, 2.05) is 13.8 Å². The van der Waals surface area contributed by atoms with E-state index in [1.54, 1.807) is 22.8 Å². The smallest absolute Gasteiger partial charge is 0.383 e. The molecule has 0 saturated carbocycles. The van der Waals surface area contributed by atoms with Crippen molar-refractivity contribution in [3.05, 3.63) is 65.1 Å². The number of carbonyl (C=O) groups is 1. The lowest BCUT2D eigenvalue weighted by molar-refractivity contribution is -0.137. The van der Waals surface area contributed by atoms with Crippen molar-refractivity contribution in [3.63, 3.8) is 0 Å². The lowest BCUT2D eigenvalue weighted by Crippen LogP contribution is -2.30. The van der Waals surface area contributed by atoms with Crippen molar-refractivity contribution in [2.75, 3.05) is 18.8 Å². The van der Waals surface area contributed by atoms with Crippen LogP contribution in [-0.4, -0.2) is 38.7 Å². The Balaban J connectivity index is 1.50. The van der Waals surface area contributed by atoms with Crippen LogP contribution >= 0.6 is 0 Å². The van der Waals surface area contributed by atoms with Gasteiger partial charge in [-0.2, -0.15) is 18.3 Å². The number of amides is 1. The van der Waals surface area contributed by atoms with Crippen LogP contribution in [-0.2, 0) is 13.2 Å². The van der Waals surface area contributed by atoms with Gasteiger partial charge in [-0.05, 0) is 29.2 Å². The van der Waals surface area contributed by atoms with Crippen LogP contribution in [0.3, 0.4) is 0 Å². The average molecular weight is 485 g/mol. The highest BCUT2D eigenvalue weighted by atomic mass is 19.4. The Hall–Kier alpha value is -3.69. The molecule has 1 aliphatic rings. The summed E-state index contributed by atoms with van der Waals surface area (Å²) in [6, 6.07) is 7.68. The van der Waals surface area contributed by atoms with Crippen LogP contribution in [0.1, 0.15) is 41.3 Å². The first-order valence-corrected chi connectivity index (χ1v) is 11.0. The molecule has 4 aromatic rings. The molecule has 3 heterocycles. The zero-order valence-electron chi connectivity index (χ0n) is 19.3. The van der Waals surface area contributed by atoms with Gasteiger partial charge in [-0.3, -0.25) is 9.48 Å². The number of benzene rings is 2. The molecule has 2 aromatic carbocycles. The van der Waals surface area contributed by atoms with Gasteiger partial charge in [0.15, 0.2) is 0 Å². The van der Waals surface area contributed by atoms with Crippen molar-refractivity contribution in [1.29, 1.82) is 0 Å². The van der Waals surface area contributed by atoms with Crippen molar-refractivity contribution < 1.29 is 22.4 Å². The van der Waals surface area contributed by atoms with Gasteiger partial charge in [-0.1, -0.05) is 26.0 Å². The number of hydrogen-bond acceptors (Lipinski definition) is 4. The van der Waals surface area contributed by atoms with E-state index >= 15 is 4.39 Å². The maximum absolute atomic E-state index is 15.1. The van der Waals surface area contributed by atoms with Gasteiger partial charge in [0, 0.05) is 37.5 Å². The fraction of sp³-hybridized carbons (Fsp3) is 0.320. The highest BCUT2D eigenvalue weighted by Crippen LogP contribution is 2.43. The number of pyridine rings is 1. The predicted octanol–water partition coefficient (Wildman–Crippen LogP) is 5.13. The quantitative estimate of drug-likeness (QED) is 0.400. The van der Waals surface area contributed by atoms with Crippen molar-refractivity contribution in [2.45, 2.75) is 25.9 Å². The van der Waals surface area contributed by atoms with Crippen molar-refractivity contribution >= 4 is 33.5 Å². The molecule has 1 aliphatic heterocycles. The molecule has 182 valence electrons. The Morgan fingerprint density at radius 2 is 1.83 bits per heavy atom. The number of nitrogen functional groups attached to an aromatic ring is 1. The van der Waals surface area contributed by atoms with Crippen LogP contribution in [0.25, 0.3) is 21.8 Å². The SMILES string of the molecule is Cn1ncc2c(N)nc3cc(F)c(C(=O)N4C[C@H](c5ccc(C(F)(F)F)cc5)C(C)(C)C4)cc3c21. The molecule has 1 atom stereocenters. The van der Waals surface area contributed by atoms with Gasteiger partial charge in [0.05, 0.1) is 33.7 Å². The lowest BCUT2D eigenvalue weighted by Gasteiger charge is -2.25. The lowest BCUT2D eigenvalue weighted by atomic mass is 9.78. The molecule has 6 nitrogen and oxygen atoms in total. The number of fused-ring (bicyclic) bond motifs is 3. The van der Waals surface area contributed by atoms with Crippen molar-refractivity contribution in [1.82, 2.24) is 19.7 Å². The molecule has 1 amide bonds. The van der Waals surface area contributed by atoms with Gasteiger partial charge in [0.1, 0.15) is 11.6 Å². The Morgan fingerprint density at radius 1 is 1.14 bits per heavy atom. The van der Waals surface area contributed by atoms with Crippen LogP contribution in [0.4, 0.5) is 23.4 Å². The van der Waals surface area contributed by atoms with E-state index in [0.717, 1.165) is 12.1 Å². The monoisotopic (exact) mass is 485 g/mol. The summed E-state index contributed by atoms with van der Waals surface area (Å²) in [6.07, 6.45) is -2.85. The average Bonchev–Trinajstić information content (AvgIpc) is 3.32. The highest BCUT2D eigenvalue weighted by molar-refractivity contribution is 6.10. The number of halogens is 4. The largest absolute Gasteiger partial charge is 0.416 e. The van der Waals surface area contributed by atoms with Gasteiger partial charge >= 0.3 is 6.18 Å². The number of aryl methyl sites for hydroxylation is 1. The second-order valence-corrected chi connectivity index (χ2v) is 9.72. The summed E-state index contributed by atoms with van der Waals surface area (Å²) < 4.78 is 55.6. The van der Waals surface area contributed by atoms with Gasteiger partial charge in [-0.25, -0.2) is 9.37 Å². The zero-order chi connectivity index (χ0) is 25.3. The highest BCUT2D eigenvalue weighted by Gasteiger charge is 2.43. The molecular formula is C25H23F4N5O. The molecule has 5 rings (SSSR count). The van der Waals surface area contributed by atoms with Crippen LogP contribution in [0, 0.1) is 11.2 Å². The van der Waals surface area contributed by atoms with Crippen LogP contribution in [0.2, 0.25) is 0 Å². The van der Waals surface area contributed by atoms with E-state index in [-0.39, 0.29) is 23.8 Å². The summed E-state index contributed by atoms with van der Waals surface area (Å²) in [7, 11) is 1.73. The third-order valence-electron chi connectivity index (χ3n) is 6.90. The van der Waals surface area contributed by atoms with E-state index in [0.29, 0.717) is 33.9 Å². The fourth-order valence-corrected chi connectivity index (χ4v) is 5.06. The van der Waals surface area contributed by atoms with E-state index in [9.17, 15) is 18.0 Å². The molecule has 10 heteroatoms. The molecule has 0 unspecified atom stereocenters. The number of anilines is 1. The normalized spacial score (nSPS) is 18.0. The van der Waals surface area contributed by atoms with Crippen LogP contribution < -0.4 is 5.73 Å². The number of carbonyl (C=O) groups excluding carboxylic acids is 1. The minimum Gasteiger partial charge on any atom is -0.383 e. The zero-order valence-corrected chi connectivity index (χ0v) is 19.3. The Morgan fingerprint density at radius 3 is 2.49 bits per heavy atom. The van der Waals surface area contributed by atoms with E-state index in [1.165, 1.54) is 24.3 Å². The molecule has 0 spiro atoms. The van der Waals surface area contributed by atoms with E-state index in [2.05, 4.69) is 10.1 Å². The molecule has 0 aliphatic carbocycles. The third kappa shape index (κ3) is 3.77. The van der Waals surface area contributed by atoms with Crippen molar-refractivity contribution in [2.24, 2.45) is 12.5 Å². The summed E-state index contributed by atoms with van der Waals surface area (Å²) >= 11 is 0. The summed E-state index contributed by atoms with van der Waals surface area (Å²) in [4.78, 5) is 19.3. The molecule has 1 fully saturated rings. The summed E-state index contributed by atoms with van der Waals surface area (Å²) in [5.41, 5.74) is 6.41. The predicted molar refractivity (Wildman–Crippen MR) is 124 cm³/mol. The van der Waals surface area contributed by atoms with Gasteiger partial charge in [0.25, 0.3) is 5.91 Å². The van der Waals surface area contributed by atoms with Crippen LogP contribution in [0.15, 0.2) is 42.6 Å². The number of hydrogen-bond donors (Lipinski definition) is 1. The first kappa shape index (κ1) is 23.1. The number of likely N-dealkylation sites (tertiary alicyclic amines) is 1. The first-order valence-electron chi connectivity index (χ1n) is 11.0. The van der Waals surface area contributed by atoms with Gasteiger partial charge in [0.2, 0.25) is 0 Å². The van der Waals surface area contributed by atoms with Crippen LogP contribution in [0.5, 0.6) is 0 Å². The first-order chi connectivity index (χ1) is 16.4. The maximum atomic E-state index is 15.1. The summed E-state index contributed by atoms with van der Waals surface area (Å²) in [5.74, 6) is -1.19. The molecule has 0 radical (unpaired) electrons. The Labute approximate surface area is 198 Å².